The fourth-order valence-corrected chi connectivity index (χ4v) is 2.61. The molecule has 1 amide bonds. The summed E-state index contributed by atoms with van der Waals surface area (Å²) >= 11 is 0. The van der Waals surface area contributed by atoms with Gasteiger partial charge in [0.05, 0.1) is 4.92 Å². The first-order valence-electron chi connectivity index (χ1n) is 6.68. The second-order valence-electron chi connectivity index (χ2n) is 5.17. The topological polar surface area (TPSA) is 83.7 Å². The molecule has 2 rings (SSSR count). The molecule has 1 heterocycles. The van der Waals surface area contributed by atoms with Crippen molar-refractivity contribution in [2.24, 2.45) is 5.92 Å². The van der Waals surface area contributed by atoms with Gasteiger partial charge in [-0.15, -0.1) is 0 Å². The van der Waals surface area contributed by atoms with Crippen LogP contribution in [-0.2, 0) is 0 Å². The minimum atomic E-state index is -0.464. The number of benzene rings is 1. The van der Waals surface area contributed by atoms with Crippen molar-refractivity contribution in [1.29, 1.82) is 0 Å². The molecule has 20 heavy (non-hydrogen) atoms. The Morgan fingerprint density at radius 3 is 2.90 bits per heavy atom. The molecule has 1 aromatic carbocycles. The number of carbonyl (C=O) groups is 1. The Balaban J connectivity index is 2.12. The van der Waals surface area contributed by atoms with E-state index in [4.69, 9.17) is 5.11 Å². The van der Waals surface area contributed by atoms with Crippen molar-refractivity contribution in [3.05, 3.63) is 39.4 Å². The summed E-state index contributed by atoms with van der Waals surface area (Å²) in [5.41, 5.74) is 1.13. The number of hydrogen-bond acceptors (Lipinski definition) is 4. The van der Waals surface area contributed by atoms with Crippen LogP contribution in [0.15, 0.2) is 18.2 Å². The Kier molecular flexibility index (Phi) is 4.34. The van der Waals surface area contributed by atoms with Gasteiger partial charge < -0.3 is 10.0 Å². The van der Waals surface area contributed by atoms with Gasteiger partial charge in [-0.2, -0.15) is 0 Å². The monoisotopic (exact) mass is 278 g/mol. The van der Waals surface area contributed by atoms with Crippen LogP contribution in [0.2, 0.25) is 0 Å². The van der Waals surface area contributed by atoms with E-state index in [1.165, 1.54) is 18.2 Å². The van der Waals surface area contributed by atoms with Crippen LogP contribution in [-0.4, -0.2) is 40.5 Å². The van der Waals surface area contributed by atoms with Crippen LogP contribution in [0.3, 0.4) is 0 Å². The van der Waals surface area contributed by atoms with Gasteiger partial charge in [-0.05, 0) is 37.3 Å². The summed E-state index contributed by atoms with van der Waals surface area (Å²) in [6.07, 6.45) is 1.61. The Labute approximate surface area is 117 Å². The molecular weight excluding hydrogens is 260 g/mol. The smallest absolute Gasteiger partial charge is 0.269 e. The number of nitrogens with zero attached hydrogens (tertiary/aromatic N) is 2. The van der Waals surface area contributed by atoms with Gasteiger partial charge in [0.1, 0.15) is 0 Å². The maximum Gasteiger partial charge on any atom is 0.269 e. The number of nitro benzene ring substituents is 1. The molecule has 1 aromatic rings. The van der Waals surface area contributed by atoms with E-state index in [1.54, 1.807) is 11.8 Å². The summed E-state index contributed by atoms with van der Waals surface area (Å²) in [5.74, 6) is 0.264. The first kappa shape index (κ1) is 14.5. The molecular formula is C14H18N2O4. The van der Waals surface area contributed by atoms with E-state index in [0.29, 0.717) is 36.6 Å². The van der Waals surface area contributed by atoms with Crippen molar-refractivity contribution in [1.82, 2.24) is 4.90 Å². The lowest BCUT2D eigenvalue weighted by atomic mass is 10.1. The second-order valence-corrected chi connectivity index (χ2v) is 5.17. The number of nitro groups is 1. The van der Waals surface area contributed by atoms with Crippen molar-refractivity contribution >= 4 is 11.6 Å². The summed E-state index contributed by atoms with van der Waals surface area (Å²) in [7, 11) is 0. The van der Waals surface area contributed by atoms with Gasteiger partial charge in [-0.3, -0.25) is 14.9 Å². The average molecular weight is 278 g/mol. The molecule has 1 saturated heterocycles. The summed E-state index contributed by atoms with van der Waals surface area (Å²) in [5, 5.41) is 19.6. The van der Waals surface area contributed by atoms with Crippen LogP contribution in [0.5, 0.6) is 0 Å². The lowest BCUT2D eigenvalue weighted by Gasteiger charge is -2.17. The van der Waals surface area contributed by atoms with Crippen molar-refractivity contribution in [3.63, 3.8) is 0 Å². The zero-order chi connectivity index (χ0) is 14.7. The Morgan fingerprint density at radius 2 is 2.30 bits per heavy atom. The Bertz CT molecular complexity index is 530. The molecule has 0 bridgehead atoms. The van der Waals surface area contributed by atoms with E-state index in [-0.39, 0.29) is 18.2 Å². The highest BCUT2D eigenvalue weighted by Crippen LogP contribution is 2.24. The van der Waals surface area contributed by atoms with Crippen molar-refractivity contribution in [2.75, 3.05) is 19.7 Å². The zero-order valence-corrected chi connectivity index (χ0v) is 11.4. The highest BCUT2D eigenvalue weighted by atomic mass is 16.6. The van der Waals surface area contributed by atoms with Gasteiger partial charge in [0.15, 0.2) is 0 Å². The Morgan fingerprint density at radius 1 is 1.55 bits per heavy atom. The molecule has 0 spiro atoms. The number of aryl methyl sites for hydroxylation is 1. The number of hydrogen-bond donors (Lipinski definition) is 1. The minimum absolute atomic E-state index is 0.00127. The maximum absolute atomic E-state index is 12.4. The number of aliphatic hydroxyl groups is 1. The Hall–Kier alpha value is -1.95. The molecule has 6 heteroatoms. The van der Waals surface area contributed by atoms with Gasteiger partial charge in [-0.25, -0.2) is 0 Å². The predicted molar refractivity (Wildman–Crippen MR) is 73.5 cm³/mol. The normalized spacial score (nSPS) is 18.3. The van der Waals surface area contributed by atoms with E-state index in [1.807, 2.05) is 0 Å². The molecule has 1 aliphatic heterocycles. The van der Waals surface area contributed by atoms with E-state index in [2.05, 4.69) is 0 Å². The third-order valence-electron chi connectivity index (χ3n) is 3.76. The molecule has 1 fully saturated rings. The van der Waals surface area contributed by atoms with Gasteiger partial charge >= 0.3 is 0 Å². The second kappa shape index (κ2) is 6.00. The largest absolute Gasteiger partial charge is 0.396 e. The van der Waals surface area contributed by atoms with Crippen LogP contribution in [0.1, 0.15) is 28.8 Å². The van der Waals surface area contributed by atoms with E-state index < -0.39 is 4.92 Å². The third-order valence-corrected chi connectivity index (χ3v) is 3.76. The lowest BCUT2D eigenvalue weighted by Crippen LogP contribution is -2.29. The van der Waals surface area contributed by atoms with Gasteiger partial charge in [0.2, 0.25) is 0 Å². The molecule has 0 aliphatic carbocycles. The molecule has 0 aromatic heterocycles. The van der Waals surface area contributed by atoms with E-state index in [9.17, 15) is 14.9 Å². The van der Waals surface area contributed by atoms with Crippen molar-refractivity contribution in [3.8, 4) is 0 Å². The SMILES string of the molecule is Cc1cc([N+](=O)[O-])ccc1C(=O)N1CCC(CCO)C1. The van der Waals surface area contributed by atoms with Crippen molar-refractivity contribution in [2.45, 2.75) is 19.8 Å². The fraction of sp³-hybridized carbons (Fsp3) is 0.500. The van der Waals surface area contributed by atoms with Crippen LogP contribution in [0, 0.1) is 23.0 Å². The number of aliphatic hydroxyl groups excluding tert-OH is 1. The van der Waals surface area contributed by atoms with Gasteiger partial charge in [0.25, 0.3) is 11.6 Å². The minimum Gasteiger partial charge on any atom is -0.396 e. The van der Waals surface area contributed by atoms with Crippen LogP contribution >= 0.6 is 0 Å². The molecule has 1 atom stereocenters. The van der Waals surface area contributed by atoms with E-state index >= 15 is 0 Å². The quantitative estimate of drug-likeness (QED) is 0.671. The maximum atomic E-state index is 12.4. The fourth-order valence-electron chi connectivity index (χ4n) is 2.61. The molecule has 1 aliphatic rings. The third kappa shape index (κ3) is 2.96. The predicted octanol–water partition coefficient (Wildman–Crippen LogP) is 1.75. The molecule has 0 radical (unpaired) electrons. The van der Waals surface area contributed by atoms with Gasteiger partial charge in [0, 0.05) is 37.4 Å². The highest BCUT2D eigenvalue weighted by Gasteiger charge is 2.27. The molecule has 6 nitrogen and oxygen atoms in total. The highest BCUT2D eigenvalue weighted by molar-refractivity contribution is 5.96. The summed E-state index contributed by atoms with van der Waals surface area (Å²) in [4.78, 5) is 24.4. The van der Waals surface area contributed by atoms with Crippen molar-refractivity contribution < 1.29 is 14.8 Å². The van der Waals surface area contributed by atoms with E-state index in [0.717, 1.165) is 6.42 Å². The number of likely N-dealkylation sites (tertiary alicyclic amines) is 1. The molecule has 1 unspecified atom stereocenters. The first-order chi connectivity index (χ1) is 9.52. The molecule has 0 saturated carbocycles. The summed E-state index contributed by atoms with van der Waals surface area (Å²) < 4.78 is 0. The molecule has 108 valence electrons. The lowest BCUT2D eigenvalue weighted by molar-refractivity contribution is -0.384. The summed E-state index contributed by atoms with van der Waals surface area (Å²) in [6.45, 7) is 3.18. The standard InChI is InChI=1S/C14H18N2O4/c1-10-8-12(16(19)20)2-3-13(10)14(18)15-6-4-11(9-15)5-7-17/h2-3,8,11,17H,4-7,9H2,1H3. The average Bonchev–Trinajstić information content (AvgIpc) is 2.87. The van der Waals surface area contributed by atoms with Crippen LogP contribution in [0.25, 0.3) is 0 Å². The van der Waals surface area contributed by atoms with Crippen LogP contribution in [0.4, 0.5) is 5.69 Å². The molecule has 1 N–H and O–H groups in total. The summed E-state index contributed by atoms with van der Waals surface area (Å²) in [6, 6.07) is 4.31. The van der Waals surface area contributed by atoms with Gasteiger partial charge in [-0.1, -0.05) is 0 Å². The van der Waals surface area contributed by atoms with Crippen LogP contribution < -0.4 is 0 Å². The number of amides is 1. The first-order valence-corrected chi connectivity index (χ1v) is 6.68. The number of non-ortho nitro benzene ring substituents is 1. The zero-order valence-electron chi connectivity index (χ0n) is 11.4. The number of carbonyl (C=O) groups excluding carboxylic acids is 1. The number of rotatable bonds is 4.